The molecule has 0 aromatic heterocycles. The molecule has 1 saturated heterocycles. The molecule has 1 fully saturated rings. The van der Waals surface area contributed by atoms with Crippen LogP contribution >= 0.6 is 23.2 Å². The number of rotatable bonds is 8. The molecule has 2 N–H and O–H groups in total. The summed E-state index contributed by atoms with van der Waals surface area (Å²) in [5.74, 6) is 0.126. The number of anilines is 1. The van der Waals surface area contributed by atoms with Gasteiger partial charge in [0.2, 0.25) is 0 Å². The number of urea groups is 1. The van der Waals surface area contributed by atoms with Gasteiger partial charge in [0, 0.05) is 41.3 Å². The fourth-order valence-corrected chi connectivity index (χ4v) is 4.81. The van der Waals surface area contributed by atoms with E-state index in [0.717, 1.165) is 56.0 Å². The van der Waals surface area contributed by atoms with Gasteiger partial charge in [0.1, 0.15) is 0 Å². The molecule has 0 radical (unpaired) electrons. The molecule has 0 saturated carbocycles. The number of nitriles is 1. The maximum absolute atomic E-state index is 12.6. The Bertz CT molecular complexity index is 1200. The predicted octanol–water partition coefficient (Wildman–Crippen LogP) is 6.16. The SMILES string of the molecule is N#Cc1cccc(-c2ccc(C(CCN3CCOCC3)CNC(=O)Nc3cc(Cl)cc(Cl)c3)cc2)c1. The van der Waals surface area contributed by atoms with Crippen LogP contribution in [0.15, 0.2) is 66.7 Å². The van der Waals surface area contributed by atoms with E-state index in [0.29, 0.717) is 27.8 Å². The Labute approximate surface area is 221 Å². The Morgan fingerprint density at radius 2 is 1.72 bits per heavy atom. The number of ether oxygens (including phenoxy) is 1. The van der Waals surface area contributed by atoms with Gasteiger partial charge in [-0.05, 0) is 60.0 Å². The topological polar surface area (TPSA) is 77.4 Å². The van der Waals surface area contributed by atoms with Crippen LogP contribution in [0.4, 0.5) is 10.5 Å². The van der Waals surface area contributed by atoms with Crippen molar-refractivity contribution < 1.29 is 9.53 Å². The lowest BCUT2D eigenvalue weighted by atomic mass is 9.93. The third-order valence-electron chi connectivity index (χ3n) is 6.23. The van der Waals surface area contributed by atoms with E-state index in [1.807, 2.05) is 18.2 Å². The van der Waals surface area contributed by atoms with Gasteiger partial charge in [0.25, 0.3) is 0 Å². The van der Waals surface area contributed by atoms with E-state index in [9.17, 15) is 10.1 Å². The lowest BCUT2D eigenvalue weighted by Crippen LogP contribution is -2.38. The van der Waals surface area contributed by atoms with Crippen molar-refractivity contribution >= 4 is 34.9 Å². The van der Waals surface area contributed by atoms with Crippen molar-refractivity contribution in [2.24, 2.45) is 0 Å². The number of halogens is 2. The van der Waals surface area contributed by atoms with Gasteiger partial charge in [-0.15, -0.1) is 0 Å². The van der Waals surface area contributed by atoms with Crippen LogP contribution in [0.2, 0.25) is 10.0 Å². The number of hydrogen-bond acceptors (Lipinski definition) is 4. The quantitative estimate of drug-likeness (QED) is 0.371. The van der Waals surface area contributed by atoms with Gasteiger partial charge >= 0.3 is 6.03 Å². The molecule has 8 heteroatoms. The van der Waals surface area contributed by atoms with Crippen molar-refractivity contribution in [2.45, 2.75) is 12.3 Å². The molecule has 0 aliphatic carbocycles. The maximum atomic E-state index is 12.6. The van der Waals surface area contributed by atoms with Gasteiger partial charge in [0.05, 0.1) is 24.8 Å². The Hall–Kier alpha value is -3.08. The molecule has 186 valence electrons. The summed E-state index contributed by atoms with van der Waals surface area (Å²) in [6.07, 6.45) is 0.895. The Balaban J connectivity index is 1.44. The van der Waals surface area contributed by atoms with E-state index in [2.05, 4.69) is 45.9 Å². The number of carbonyl (C=O) groups excluding carboxylic acids is 1. The van der Waals surface area contributed by atoms with Gasteiger partial charge in [-0.2, -0.15) is 5.26 Å². The third kappa shape index (κ3) is 7.46. The summed E-state index contributed by atoms with van der Waals surface area (Å²) >= 11 is 12.1. The van der Waals surface area contributed by atoms with Crippen LogP contribution in [0.1, 0.15) is 23.5 Å². The minimum atomic E-state index is -0.311. The zero-order valence-electron chi connectivity index (χ0n) is 19.8. The highest BCUT2D eigenvalue weighted by Crippen LogP contribution is 2.26. The van der Waals surface area contributed by atoms with Crippen molar-refractivity contribution in [2.75, 3.05) is 44.7 Å². The summed E-state index contributed by atoms with van der Waals surface area (Å²) < 4.78 is 5.47. The minimum absolute atomic E-state index is 0.126. The second-order valence-electron chi connectivity index (χ2n) is 8.75. The number of benzene rings is 3. The van der Waals surface area contributed by atoms with Gasteiger partial charge < -0.3 is 15.4 Å². The molecule has 36 heavy (non-hydrogen) atoms. The normalized spacial score (nSPS) is 14.6. The van der Waals surface area contributed by atoms with Gasteiger partial charge in [0.15, 0.2) is 0 Å². The molecule has 1 heterocycles. The molecule has 0 bridgehead atoms. The monoisotopic (exact) mass is 522 g/mol. The minimum Gasteiger partial charge on any atom is -0.379 e. The lowest BCUT2D eigenvalue weighted by molar-refractivity contribution is 0.0366. The van der Waals surface area contributed by atoms with Crippen molar-refractivity contribution in [1.82, 2.24) is 10.2 Å². The molecule has 4 rings (SSSR count). The number of nitrogens with zero attached hydrogens (tertiary/aromatic N) is 2. The van der Waals surface area contributed by atoms with Crippen molar-refractivity contribution in [3.05, 3.63) is 87.9 Å². The maximum Gasteiger partial charge on any atom is 0.319 e. The number of amides is 2. The second kappa shape index (κ2) is 12.8. The predicted molar refractivity (Wildman–Crippen MR) is 145 cm³/mol. The van der Waals surface area contributed by atoms with E-state index in [4.69, 9.17) is 27.9 Å². The average Bonchev–Trinajstić information content (AvgIpc) is 2.89. The van der Waals surface area contributed by atoms with Crippen LogP contribution in [0.3, 0.4) is 0 Å². The highest BCUT2D eigenvalue weighted by atomic mass is 35.5. The van der Waals surface area contributed by atoms with E-state index >= 15 is 0 Å². The van der Waals surface area contributed by atoms with Gasteiger partial charge in [-0.3, -0.25) is 4.90 Å². The van der Waals surface area contributed by atoms with E-state index < -0.39 is 0 Å². The molecule has 3 aromatic rings. The standard InChI is InChI=1S/C28H28Cl2N4O2/c29-25-15-26(30)17-27(16-25)33-28(35)32-19-24(8-9-34-10-12-36-13-11-34)22-6-4-21(5-7-22)23-3-1-2-20(14-23)18-31/h1-7,14-17,24H,8-13,19H2,(H2,32,33,35). The molecule has 1 unspecified atom stereocenters. The number of nitrogens with one attached hydrogen (secondary N) is 2. The summed E-state index contributed by atoms with van der Waals surface area (Å²) in [5.41, 5.74) is 4.37. The first-order valence-corrected chi connectivity index (χ1v) is 12.7. The van der Waals surface area contributed by atoms with Crippen LogP contribution in [-0.2, 0) is 4.74 Å². The first-order valence-electron chi connectivity index (χ1n) is 11.9. The largest absolute Gasteiger partial charge is 0.379 e. The third-order valence-corrected chi connectivity index (χ3v) is 6.67. The fourth-order valence-electron chi connectivity index (χ4n) is 4.28. The first-order chi connectivity index (χ1) is 17.5. The zero-order chi connectivity index (χ0) is 25.3. The van der Waals surface area contributed by atoms with E-state index in [1.165, 1.54) is 0 Å². The van der Waals surface area contributed by atoms with Crippen molar-refractivity contribution in [1.29, 1.82) is 5.26 Å². The average molecular weight is 523 g/mol. The van der Waals surface area contributed by atoms with Crippen molar-refractivity contribution in [3.8, 4) is 17.2 Å². The lowest BCUT2D eigenvalue weighted by Gasteiger charge is -2.28. The van der Waals surface area contributed by atoms with Gasteiger partial charge in [-0.1, -0.05) is 59.6 Å². The van der Waals surface area contributed by atoms with Crippen molar-refractivity contribution in [3.63, 3.8) is 0 Å². The highest BCUT2D eigenvalue weighted by molar-refractivity contribution is 6.35. The molecule has 1 atom stereocenters. The summed E-state index contributed by atoms with van der Waals surface area (Å²) in [6, 6.07) is 22.7. The number of hydrogen-bond donors (Lipinski definition) is 2. The Kier molecular flexibility index (Phi) is 9.21. The summed E-state index contributed by atoms with van der Waals surface area (Å²) in [4.78, 5) is 15.0. The highest BCUT2D eigenvalue weighted by Gasteiger charge is 2.17. The van der Waals surface area contributed by atoms with E-state index in [-0.39, 0.29) is 11.9 Å². The Morgan fingerprint density at radius 1 is 1.00 bits per heavy atom. The van der Waals surface area contributed by atoms with Crippen LogP contribution in [0.25, 0.3) is 11.1 Å². The van der Waals surface area contributed by atoms with Crippen LogP contribution < -0.4 is 10.6 Å². The molecule has 6 nitrogen and oxygen atoms in total. The molecule has 2 amide bonds. The van der Waals surface area contributed by atoms with E-state index in [1.54, 1.807) is 24.3 Å². The molecule has 0 spiro atoms. The summed E-state index contributed by atoms with van der Waals surface area (Å²) in [5, 5.41) is 15.9. The summed E-state index contributed by atoms with van der Waals surface area (Å²) in [6.45, 7) is 4.75. The first kappa shape index (κ1) is 26.0. The number of morpholine rings is 1. The van der Waals surface area contributed by atoms with Crippen LogP contribution in [0, 0.1) is 11.3 Å². The molecular formula is C28H28Cl2N4O2. The molecule has 3 aromatic carbocycles. The van der Waals surface area contributed by atoms with Crippen LogP contribution in [-0.4, -0.2) is 50.3 Å². The smallest absolute Gasteiger partial charge is 0.319 e. The Morgan fingerprint density at radius 3 is 2.42 bits per heavy atom. The molecular weight excluding hydrogens is 495 g/mol. The summed E-state index contributed by atoms with van der Waals surface area (Å²) in [7, 11) is 0. The second-order valence-corrected chi connectivity index (χ2v) is 9.62. The molecule has 1 aliphatic heterocycles. The fraction of sp³-hybridized carbons (Fsp3) is 0.286. The molecule has 1 aliphatic rings. The number of carbonyl (C=O) groups is 1. The van der Waals surface area contributed by atoms with Crippen LogP contribution in [0.5, 0.6) is 0 Å². The zero-order valence-corrected chi connectivity index (χ0v) is 21.4. The van der Waals surface area contributed by atoms with Gasteiger partial charge in [-0.25, -0.2) is 4.79 Å².